The molecule has 27 heavy (non-hydrogen) atoms. The van der Waals surface area contributed by atoms with Crippen molar-refractivity contribution >= 4 is 5.91 Å². The highest BCUT2D eigenvalue weighted by atomic mass is 16.7. The number of carbonyl (C=O) groups is 1. The lowest BCUT2D eigenvalue weighted by Gasteiger charge is -2.27. The molecule has 0 aliphatic carbocycles. The smallest absolute Gasteiger partial charge is 0.252 e. The summed E-state index contributed by atoms with van der Waals surface area (Å²) in [6, 6.07) is 20.0. The Bertz CT molecular complexity index is 606. The molecule has 0 fully saturated rings. The minimum absolute atomic E-state index is 0.0273. The Morgan fingerprint density at radius 2 is 1.48 bits per heavy atom. The topological polar surface area (TPSA) is 48.0 Å². The van der Waals surface area contributed by atoms with E-state index in [0.29, 0.717) is 32.7 Å². The summed E-state index contributed by atoms with van der Waals surface area (Å²) in [5, 5.41) is 0. The van der Waals surface area contributed by atoms with Crippen molar-refractivity contribution in [2.24, 2.45) is 0 Å². The number of ether oxygens (including phenoxy) is 3. The summed E-state index contributed by atoms with van der Waals surface area (Å²) in [5.74, 6) is -0.0273. The number of benzene rings is 2. The van der Waals surface area contributed by atoms with Crippen LogP contribution in [0.25, 0.3) is 0 Å². The standard InChI is InChI=1S/C22H29NO4/c1-3-21(27-18-26-15-14-25-2)22(24)23(16-19-10-6-4-7-11-19)17-20-12-8-5-9-13-20/h4-13,21H,3,14-18H2,1-2H3. The zero-order valence-electron chi connectivity index (χ0n) is 16.2. The minimum atomic E-state index is -0.528. The molecule has 0 heterocycles. The van der Waals surface area contributed by atoms with E-state index in [0.717, 1.165) is 11.1 Å². The second kappa shape index (κ2) is 12.2. The Kier molecular flexibility index (Phi) is 9.55. The predicted octanol–water partition coefficient (Wildman–Crippen LogP) is 3.63. The molecule has 2 aromatic rings. The van der Waals surface area contributed by atoms with Gasteiger partial charge < -0.3 is 19.1 Å². The van der Waals surface area contributed by atoms with Gasteiger partial charge in [0.2, 0.25) is 0 Å². The SMILES string of the molecule is CCC(OCOCCOC)C(=O)N(Cc1ccccc1)Cc1ccccc1. The van der Waals surface area contributed by atoms with Crippen LogP contribution in [0.1, 0.15) is 24.5 Å². The number of hydrogen-bond acceptors (Lipinski definition) is 4. The third kappa shape index (κ3) is 7.51. The molecule has 0 aromatic heterocycles. The summed E-state index contributed by atoms with van der Waals surface area (Å²) in [5.41, 5.74) is 2.18. The van der Waals surface area contributed by atoms with E-state index >= 15 is 0 Å². The Hall–Kier alpha value is -2.21. The first-order valence-corrected chi connectivity index (χ1v) is 9.29. The highest BCUT2D eigenvalue weighted by Gasteiger charge is 2.24. The van der Waals surface area contributed by atoms with Crippen LogP contribution in [0.15, 0.2) is 60.7 Å². The number of hydrogen-bond donors (Lipinski definition) is 0. The van der Waals surface area contributed by atoms with Crippen molar-refractivity contribution in [1.82, 2.24) is 4.90 Å². The average molecular weight is 371 g/mol. The molecule has 5 nitrogen and oxygen atoms in total. The number of methoxy groups -OCH3 is 1. The van der Waals surface area contributed by atoms with Gasteiger partial charge in [-0.1, -0.05) is 67.6 Å². The largest absolute Gasteiger partial charge is 0.382 e. The molecule has 0 aliphatic heterocycles. The zero-order chi connectivity index (χ0) is 19.3. The molecule has 0 aliphatic rings. The van der Waals surface area contributed by atoms with Crippen LogP contribution in [0.5, 0.6) is 0 Å². The fourth-order valence-electron chi connectivity index (χ4n) is 2.72. The van der Waals surface area contributed by atoms with Crippen LogP contribution in [0.3, 0.4) is 0 Å². The molecule has 146 valence electrons. The maximum absolute atomic E-state index is 13.1. The van der Waals surface area contributed by atoms with Crippen LogP contribution >= 0.6 is 0 Å². The van der Waals surface area contributed by atoms with Gasteiger partial charge in [-0.15, -0.1) is 0 Å². The van der Waals surface area contributed by atoms with Crippen molar-refractivity contribution < 1.29 is 19.0 Å². The van der Waals surface area contributed by atoms with E-state index in [1.807, 2.05) is 72.5 Å². The fourth-order valence-corrected chi connectivity index (χ4v) is 2.72. The van der Waals surface area contributed by atoms with Crippen LogP contribution in [0, 0.1) is 0 Å². The van der Waals surface area contributed by atoms with Crippen molar-refractivity contribution in [1.29, 1.82) is 0 Å². The van der Waals surface area contributed by atoms with Gasteiger partial charge in [-0.05, 0) is 17.5 Å². The van der Waals surface area contributed by atoms with Crippen molar-refractivity contribution in [3.63, 3.8) is 0 Å². The Morgan fingerprint density at radius 3 is 1.96 bits per heavy atom. The highest BCUT2D eigenvalue weighted by molar-refractivity contribution is 5.80. The Balaban J connectivity index is 2.03. The molecule has 0 spiro atoms. The molecule has 5 heteroatoms. The summed E-state index contributed by atoms with van der Waals surface area (Å²) in [7, 11) is 1.62. The van der Waals surface area contributed by atoms with Crippen molar-refractivity contribution in [2.75, 3.05) is 27.1 Å². The van der Waals surface area contributed by atoms with Crippen molar-refractivity contribution in [3.8, 4) is 0 Å². The molecular formula is C22H29NO4. The van der Waals surface area contributed by atoms with E-state index in [9.17, 15) is 4.79 Å². The summed E-state index contributed by atoms with van der Waals surface area (Å²) in [6.07, 6.45) is 0.0620. The number of rotatable bonds is 12. The van der Waals surface area contributed by atoms with E-state index in [4.69, 9.17) is 14.2 Å². The molecule has 2 aromatic carbocycles. The average Bonchev–Trinajstić information content (AvgIpc) is 2.71. The predicted molar refractivity (Wildman–Crippen MR) is 105 cm³/mol. The first-order valence-electron chi connectivity index (χ1n) is 9.29. The highest BCUT2D eigenvalue weighted by Crippen LogP contribution is 2.14. The zero-order valence-corrected chi connectivity index (χ0v) is 16.2. The van der Waals surface area contributed by atoms with Gasteiger partial charge in [0.25, 0.3) is 5.91 Å². The normalized spacial score (nSPS) is 11.9. The molecule has 0 saturated carbocycles. The first kappa shape index (κ1) is 21.1. The molecule has 0 bridgehead atoms. The van der Waals surface area contributed by atoms with Gasteiger partial charge in [0.15, 0.2) is 0 Å². The van der Waals surface area contributed by atoms with E-state index in [1.54, 1.807) is 7.11 Å². The van der Waals surface area contributed by atoms with Crippen LogP contribution in [-0.2, 0) is 32.1 Å². The summed E-state index contributed by atoms with van der Waals surface area (Å²) in [6.45, 7) is 4.05. The summed E-state index contributed by atoms with van der Waals surface area (Å²) >= 11 is 0. The Labute approximate surface area is 161 Å². The van der Waals surface area contributed by atoms with Crippen LogP contribution in [-0.4, -0.2) is 44.0 Å². The lowest BCUT2D eigenvalue weighted by Crippen LogP contribution is -2.40. The molecule has 0 radical (unpaired) electrons. The quantitative estimate of drug-likeness (QED) is 0.422. The van der Waals surface area contributed by atoms with Crippen molar-refractivity contribution in [3.05, 3.63) is 71.8 Å². The van der Waals surface area contributed by atoms with Gasteiger partial charge >= 0.3 is 0 Å². The maximum atomic E-state index is 13.1. The van der Waals surface area contributed by atoms with Gasteiger partial charge in [0, 0.05) is 20.2 Å². The number of amides is 1. The van der Waals surface area contributed by atoms with Gasteiger partial charge in [-0.2, -0.15) is 0 Å². The summed E-state index contributed by atoms with van der Waals surface area (Å²) < 4.78 is 16.0. The Morgan fingerprint density at radius 1 is 0.926 bits per heavy atom. The van der Waals surface area contributed by atoms with E-state index in [1.165, 1.54) is 0 Å². The lowest BCUT2D eigenvalue weighted by molar-refractivity contribution is -0.157. The monoisotopic (exact) mass is 371 g/mol. The van der Waals surface area contributed by atoms with Gasteiger partial charge in [0.1, 0.15) is 12.9 Å². The van der Waals surface area contributed by atoms with E-state index < -0.39 is 6.10 Å². The lowest BCUT2D eigenvalue weighted by atomic mass is 10.1. The van der Waals surface area contributed by atoms with Gasteiger partial charge in [0.05, 0.1) is 13.2 Å². The van der Waals surface area contributed by atoms with Crippen LogP contribution < -0.4 is 0 Å². The second-order valence-corrected chi connectivity index (χ2v) is 6.25. The molecule has 1 atom stereocenters. The van der Waals surface area contributed by atoms with Crippen LogP contribution in [0.2, 0.25) is 0 Å². The minimum Gasteiger partial charge on any atom is -0.382 e. The van der Waals surface area contributed by atoms with E-state index in [2.05, 4.69) is 0 Å². The third-order valence-electron chi connectivity index (χ3n) is 4.17. The van der Waals surface area contributed by atoms with Crippen LogP contribution in [0.4, 0.5) is 0 Å². The van der Waals surface area contributed by atoms with Gasteiger partial charge in [-0.3, -0.25) is 4.79 Å². The molecule has 0 N–H and O–H groups in total. The van der Waals surface area contributed by atoms with E-state index in [-0.39, 0.29) is 12.7 Å². The molecule has 1 amide bonds. The fraction of sp³-hybridized carbons (Fsp3) is 0.409. The molecule has 0 saturated heterocycles. The van der Waals surface area contributed by atoms with Gasteiger partial charge in [-0.25, -0.2) is 0 Å². The number of carbonyl (C=O) groups excluding carboxylic acids is 1. The third-order valence-corrected chi connectivity index (χ3v) is 4.17. The summed E-state index contributed by atoms with van der Waals surface area (Å²) in [4.78, 5) is 15.0. The first-order chi connectivity index (χ1) is 13.2. The van der Waals surface area contributed by atoms with Crippen molar-refractivity contribution in [2.45, 2.75) is 32.5 Å². The number of nitrogens with zero attached hydrogens (tertiary/aromatic N) is 1. The molecule has 1 unspecified atom stereocenters. The second-order valence-electron chi connectivity index (χ2n) is 6.25. The molecular weight excluding hydrogens is 342 g/mol. The molecule has 2 rings (SSSR count). The maximum Gasteiger partial charge on any atom is 0.252 e.